The predicted molar refractivity (Wildman–Crippen MR) is 39.0 cm³/mol. The maximum atomic E-state index is 9.28. The van der Waals surface area contributed by atoms with Gasteiger partial charge in [0.15, 0.2) is 0 Å². The fraction of sp³-hybridized carbons (Fsp3) is 1.00. The summed E-state index contributed by atoms with van der Waals surface area (Å²) in [6, 6.07) is 0. The number of hydrogen-bond acceptors (Lipinski definition) is 7. The van der Waals surface area contributed by atoms with Gasteiger partial charge in [-0.05, 0) is 0 Å². The Morgan fingerprint density at radius 3 is 2.38 bits per heavy atom. The molecule has 0 unspecified atom stereocenters. The fourth-order valence-electron chi connectivity index (χ4n) is 1.21. The quantitative estimate of drug-likeness (QED) is 0.298. The molecule has 1 aliphatic heterocycles. The lowest BCUT2D eigenvalue weighted by molar-refractivity contribution is -0.182. The zero-order chi connectivity index (χ0) is 10.0. The van der Waals surface area contributed by atoms with Crippen molar-refractivity contribution in [1.29, 1.82) is 0 Å². The molecule has 1 aliphatic rings. The summed E-state index contributed by atoms with van der Waals surface area (Å²) < 4.78 is 4.83. The Labute approximate surface area is 74.3 Å². The standard InChI is InChI=1S/C6H13NO6/c7-13-6-4(11)3(10)5(12-6)2(9)1-8/h2-6,8-11H,1,7H2/t2-,3-,4-,5-,6+/m0/s1. The molecule has 0 saturated carbocycles. The number of nitrogens with two attached hydrogens (primary N) is 1. The molecule has 7 nitrogen and oxygen atoms in total. The number of ether oxygens (including phenoxy) is 1. The summed E-state index contributed by atoms with van der Waals surface area (Å²) in [4.78, 5) is 4.19. The zero-order valence-corrected chi connectivity index (χ0v) is 6.78. The van der Waals surface area contributed by atoms with E-state index in [0.717, 1.165) is 0 Å². The molecular weight excluding hydrogens is 182 g/mol. The molecule has 0 aliphatic carbocycles. The van der Waals surface area contributed by atoms with Crippen LogP contribution in [0.15, 0.2) is 0 Å². The van der Waals surface area contributed by atoms with Gasteiger partial charge < -0.3 is 25.2 Å². The van der Waals surface area contributed by atoms with Crippen molar-refractivity contribution >= 4 is 0 Å². The van der Waals surface area contributed by atoms with Crippen LogP contribution < -0.4 is 5.90 Å². The summed E-state index contributed by atoms with van der Waals surface area (Å²) in [7, 11) is 0. The first-order valence-electron chi connectivity index (χ1n) is 3.78. The third-order valence-electron chi connectivity index (χ3n) is 1.96. The second kappa shape index (κ2) is 4.29. The highest BCUT2D eigenvalue weighted by atomic mass is 16.8. The van der Waals surface area contributed by atoms with Crippen LogP contribution in [0.25, 0.3) is 0 Å². The lowest BCUT2D eigenvalue weighted by Gasteiger charge is -2.18. The molecule has 5 atom stereocenters. The summed E-state index contributed by atoms with van der Waals surface area (Å²) >= 11 is 0. The Hall–Kier alpha value is -0.280. The summed E-state index contributed by atoms with van der Waals surface area (Å²) in [5.74, 6) is 4.75. The number of aliphatic hydroxyl groups is 4. The van der Waals surface area contributed by atoms with E-state index < -0.39 is 37.3 Å². The van der Waals surface area contributed by atoms with Crippen LogP contribution in [-0.2, 0) is 9.57 Å². The van der Waals surface area contributed by atoms with Gasteiger partial charge in [0.1, 0.15) is 24.4 Å². The lowest BCUT2D eigenvalue weighted by Crippen LogP contribution is -2.40. The third kappa shape index (κ3) is 1.97. The van der Waals surface area contributed by atoms with Gasteiger partial charge in [-0.25, -0.2) is 5.90 Å². The van der Waals surface area contributed by atoms with E-state index in [9.17, 15) is 10.2 Å². The first-order valence-corrected chi connectivity index (χ1v) is 3.78. The molecule has 1 heterocycles. The van der Waals surface area contributed by atoms with Crippen LogP contribution >= 0.6 is 0 Å². The third-order valence-corrected chi connectivity index (χ3v) is 1.96. The highest BCUT2D eigenvalue weighted by Gasteiger charge is 2.46. The van der Waals surface area contributed by atoms with Gasteiger partial charge in [0.2, 0.25) is 6.29 Å². The molecule has 0 aromatic heterocycles. The highest BCUT2D eigenvalue weighted by molar-refractivity contribution is 4.90. The van der Waals surface area contributed by atoms with Crippen molar-refractivity contribution in [3.8, 4) is 0 Å². The van der Waals surface area contributed by atoms with E-state index in [1.54, 1.807) is 0 Å². The van der Waals surface area contributed by atoms with Gasteiger partial charge in [-0.15, -0.1) is 0 Å². The molecule has 0 bridgehead atoms. The minimum Gasteiger partial charge on any atom is -0.394 e. The summed E-state index contributed by atoms with van der Waals surface area (Å²) in [6.07, 6.45) is -6.19. The van der Waals surface area contributed by atoms with Gasteiger partial charge in [-0.2, -0.15) is 0 Å². The van der Waals surface area contributed by atoms with Gasteiger partial charge in [0.05, 0.1) is 6.61 Å². The highest BCUT2D eigenvalue weighted by Crippen LogP contribution is 2.23. The Balaban J connectivity index is 2.60. The van der Waals surface area contributed by atoms with Gasteiger partial charge in [-0.1, -0.05) is 0 Å². The molecule has 0 aromatic rings. The van der Waals surface area contributed by atoms with E-state index in [4.69, 9.17) is 20.8 Å². The zero-order valence-electron chi connectivity index (χ0n) is 6.78. The van der Waals surface area contributed by atoms with E-state index in [1.165, 1.54) is 0 Å². The first kappa shape index (κ1) is 10.8. The van der Waals surface area contributed by atoms with Crippen LogP contribution in [0, 0.1) is 0 Å². The first-order chi connectivity index (χ1) is 6.11. The Kier molecular flexibility index (Phi) is 3.56. The van der Waals surface area contributed by atoms with Crippen molar-refractivity contribution in [2.45, 2.75) is 30.7 Å². The van der Waals surface area contributed by atoms with E-state index in [2.05, 4.69) is 4.84 Å². The van der Waals surface area contributed by atoms with Gasteiger partial charge in [-0.3, -0.25) is 4.84 Å². The van der Waals surface area contributed by atoms with Crippen molar-refractivity contribution in [3.63, 3.8) is 0 Å². The number of hydrogen-bond donors (Lipinski definition) is 5. The molecule has 0 spiro atoms. The fourth-order valence-corrected chi connectivity index (χ4v) is 1.21. The molecule has 7 heteroatoms. The Morgan fingerprint density at radius 1 is 1.38 bits per heavy atom. The summed E-state index contributed by atoms with van der Waals surface area (Å²) in [5, 5.41) is 36.2. The largest absolute Gasteiger partial charge is 0.394 e. The molecule has 1 saturated heterocycles. The second-order valence-electron chi connectivity index (χ2n) is 2.84. The van der Waals surface area contributed by atoms with Crippen molar-refractivity contribution in [2.24, 2.45) is 5.90 Å². The van der Waals surface area contributed by atoms with Crippen molar-refractivity contribution in [3.05, 3.63) is 0 Å². The van der Waals surface area contributed by atoms with Crippen LogP contribution in [0.4, 0.5) is 0 Å². The molecular formula is C6H13NO6. The normalized spacial score (nSPS) is 42.2. The molecule has 1 fully saturated rings. The van der Waals surface area contributed by atoms with Crippen LogP contribution in [0.1, 0.15) is 0 Å². The van der Waals surface area contributed by atoms with E-state index >= 15 is 0 Å². The minimum absolute atomic E-state index is 0.578. The Bertz CT molecular complexity index is 167. The maximum absolute atomic E-state index is 9.28. The molecule has 78 valence electrons. The lowest BCUT2D eigenvalue weighted by atomic mass is 10.1. The van der Waals surface area contributed by atoms with E-state index in [-0.39, 0.29) is 0 Å². The van der Waals surface area contributed by atoms with Gasteiger partial charge >= 0.3 is 0 Å². The minimum atomic E-state index is -1.32. The second-order valence-corrected chi connectivity index (χ2v) is 2.84. The van der Waals surface area contributed by atoms with Crippen molar-refractivity contribution in [1.82, 2.24) is 0 Å². The molecule has 0 radical (unpaired) electrons. The summed E-state index contributed by atoms with van der Waals surface area (Å²) in [5.41, 5.74) is 0. The van der Waals surface area contributed by atoms with Gasteiger partial charge in [0.25, 0.3) is 0 Å². The molecule has 13 heavy (non-hydrogen) atoms. The SMILES string of the molecule is NO[C@H]1O[C@@H]([C@@H](O)CO)[C@@H](O)[C@@H]1O. The molecule has 6 N–H and O–H groups in total. The molecule has 0 aromatic carbocycles. The smallest absolute Gasteiger partial charge is 0.206 e. The van der Waals surface area contributed by atoms with Crippen molar-refractivity contribution in [2.75, 3.05) is 6.61 Å². The van der Waals surface area contributed by atoms with Crippen LogP contribution in [0.2, 0.25) is 0 Å². The average Bonchev–Trinajstić information content (AvgIpc) is 2.43. The van der Waals surface area contributed by atoms with Crippen LogP contribution in [0.5, 0.6) is 0 Å². The number of aliphatic hydroxyl groups excluding tert-OH is 4. The topological polar surface area (TPSA) is 125 Å². The van der Waals surface area contributed by atoms with E-state index in [0.29, 0.717) is 0 Å². The molecule has 1 rings (SSSR count). The van der Waals surface area contributed by atoms with E-state index in [1.807, 2.05) is 0 Å². The monoisotopic (exact) mass is 195 g/mol. The Morgan fingerprint density at radius 2 is 2.00 bits per heavy atom. The molecule has 0 amide bonds. The maximum Gasteiger partial charge on any atom is 0.206 e. The average molecular weight is 195 g/mol. The van der Waals surface area contributed by atoms with Crippen LogP contribution in [-0.4, -0.2) is 57.7 Å². The van der Waals surface area contributed by atoms with Gasteiger partial charge in [0, 0.05) is 0 Å². The summed E-state index contributed by atoms with van der Waals surface area (Å²) in [6.45, 7) is -0.578. The van der Waals surface area contributed by atoms with Crippen molar-refractivity contribution < 1.29 is 30.0 Å². The predicted octanol–water partition coefficient (Wildman–Crippen LogP) is -3.32. The van der Waals surface area contributed by atoms with Crippen LogP contribution in [0.3, 0.4) is 0 Å². The number of rotatable bonds is 3.